The lowest BCUT2D eigenvalue weighted by molar-refractivity contribution is 0.0698. The van der Waals surface area contributed by atoms with Gasteiger partial charge in [-0.15, -0.1) is 0 Å². The summed E-state index contributed by atoms with van der Waals surface area (Å²) < 4.78 is 0. The Morgan fingerprint density at radius 3 is 2.47 bits per heavy atom. The van der Waals surface area contributed by atoms with Gasteiger partial charge in [0.25, 0.3) is 0 Å². The molecule has 2 aromatic rings. The summed E-state index contributed by atoms with van der Waals surface area (Å²) in [7, 11) is 0. The van der Waals surface area contributed by atoms with E-state index >= 15 is 0 Å². The number of carboxylic acids is 1. The van der Waals surface area contributed by atoms with Crippen molar-refractivity contribution in [2.45, 2.75) is 0 Å². The quantitative estimate of drug-likeness (QED) is 0.534. The van der Waals surface area contributed by atoms with Gasteiger partial charge in [-0.05, 0) is 30.3 Å². The number of benzene rings is 2. The summed E-state index contributed by atoms with van der Waals surface area (Å²) in [5, 5.41) is 9.12. The Balaban J connectivity index is 2.46. The first kappa shape index (κ1) is 12.5. The van der Waals surface area contributed by atoms with Gasteiger partial charge in [0, 0.05) is 22.5 Å². The van der Waals surface area contributed by atoms with E-state index in [2.05, 4.69) is 11.8 Å². The monoisotopic (exact) mass is 252 g/mol. The molecule has 94 valence electrons. The van der Waals surface area contributed by atoms with Crippen molar-refractivity contribution in [1.82, 2.24) is 0 Å². The van der Waals surface area contributed by atoms with Crippen LogP contribution in [-0.4, -0.2) is 11.1 Å². The van der Waals surface area contributed by atoms with Gasteiger partial charge in [-0.3, -0.25) is 0 Å². The topological polar surface area (TPSA) is 89.3 Å². The number of anilines is 2. The fraction of sp³-hybridized carbons (Fsp3) is 0. The highest BCUT2D eigenvalue weighted by atomic mass is 16.4. The SMILES string of the molecule is Nc1cccc(C#Cc2cccc(N)c2C(=O)O)c1. The zero-order chi connectivity index (χ0) is 13.8. The van der Waals surface area contributed by atoms with E-state index in [0.29, 0.717) is 11.3 Å². The van der Waals surface area contributed by atoms with Gasteiger partial charge in [0.15, 0.2) is 0 Å². The van der Waals surface area contributed by atoms with E-state index in [1.807, 2.05) is 0 Å². The molecule has 0 bridgehead atoms. The highest BCUT2D eigenvalue weighted by molar-refractivity contribution is 5.96. The molecule has 0 spiro atoms. The van der Waals surface area contributed by atoms with Crippen LogP contribution in [0, 0.1) is 11.8 Å². The van der Waals surface area contributed by atoms with Gasteiger partial charge in [0.2, 0.25) is 0 Å². The molecule has 4 heteroatoms. The molecule has 5 N–H and O–H groups in total. The van der Waals surface area contributed by atoms with Crippen molar-refractivity contribution in [3.63, 3.8) is 0 Å². The van der Waals surface area contributed by atoms with Crippen molar-refractivity contribution in [2.24, 2.45) is 0 Å². The summed E-state index contributed by atoms with van der Waals surface area (Å²) in [6, 6.07) is 11.9. The number of carboxylic acid groups (broad SMARTS) is 1. The number of nitrogen functional groups attached to an aromatic ring is 2. The highest BCUT2D eigenvalue weighted by Gasteiger charge is 2.11. The summed E-state index contributed by atoms with van der Waals surface area (Å²) in [5.41, 5.74) is 13.2. The third-order valence-electron chi connectivity index (χ3n) is 2.54. The van der Waals surface area contributed by atoms with Crippen LogP contribution in [-0.2, 0) is 0 Å². The van der Waals surface area contributed by atoms with E-state index in [1.54, 1.807) is 36.4 Å². The van der Waals surface area contributed by atoms with Crippen molar-refractivity contribution < 1.29 is 9.90 Å². The van der Waals surface area contributed by atoms with Crippen molar-refractivity contribution in [2.75, 3.05) is 11.5 Å². The summed E-state index contributed by atoms with van der Waals surface area (Å²) in [5.74, 6) is 4.60. The molecular formula is C15H12N2O2. The largest absolute Gasteiger partial charge is 0.478 e. The van der Waals surface area contributed by atoms with Gasteiger partial charge in [-0.2, -0.15) is 0 Å². The molecule has 0 unspecified atom stereocenters. The van der Waals surface area contributed by atoms with Crippen LogP contribution in [0.15, 0.2) is 42.5 Å². The minimum atomic E-state index is -1.09. The Hall–Kier alpha value is -2.93. The molecule has 2 aromatic carbocycles. The Kier molecular flexibility index (Phi) is 3.39. The van der Waals surface area contributed by atoms with E-state index in [0.717, 1.165) is 5.56 Å². The zero-order valence-corrected chi connectivity index (χ0v) is 10.1. The molecule has 0 atom stereocenters. The number of hydrogen-bond donors (Lipinski definition) is 3. The smallest absolute Gasteiger partial charge is 0.339 e. The van der Waals surface area contributed by atoms with Crippen molar-refractivity contribution in [3.05, 3.63) is 59.2 Å². The van der Waals surface area contributed by atoms with Crippen LogP contribution in [0.2, 0.25) is 0 Å². The molecule has 0 aliphatic carbocycles. The molecule has 0 saturated carbocycles. The lowest BCUT2D eigenvalue weighted by atomic mass is 10.1. The zero-order valence-electron chi connectivity index (χ0n) is 10.1. The maximum atomic E-state index is 11.1. The second kappa shape index (κ2) is 5.15. The lowest BCUT2D eigenvalue weighted by Crippen LogP contribution is -2.05. The normalized spacial score (nSPS) is 9.47. The van der Waals surface area contributed by atoms with E-state index in [-0.39, 0.29) is 11.3 Å². The molecule has 4 nitrogen and oxygen atoms in total. The standard InChI is InChI=1S/C15H12N2O2/c16-12-5-1-3-10(9-12)7-8-11-4-2-6-13(17)14(11)15(18)19/h1-6,9H,16-17H2,(H,18,19). The van der Waals surface area contributed by atoms with Gasteiger partial charge < -0.3 is 16.6 Å². The minimum absolute atomic E-state index is 0.0268. The lowest BCUT2D eigenvalue weighted by Gasteiger charge is -2.02. The molecule has 0 aromatic heterocycles. The van der Waals surface area contributed by atoms with E-state index in [1.165, 1.54) is 6.07 Å². The minimum Gasteiger partial charge on any atom is -0.478 e. The number of hydrogen-bond acceptors (Lipinski definition) is 3. The fourth-order valence-corrected chi connectivity index (χ4v) is 1.67. The van der Waals surface area contributed by atoms with Gasteiger partial charge >= 0.3 is 5.97 Å². The number of aromatic carboxylic acids is 1. The van der Waals surface area contributed by atoms with Gasteiger partial charge in [0.05, 0.1) is 5.56 Å². The maximum Gasteiger partial charge on any atom is 0.339 e. The summed E-state index contributed by atoms with van der Waals surface area (Å²) >= 11 is 0. The fourth-order valence-electron chi connectivity index (χ4n) is 1.67. The van der Waals surface area contributed by atoms with Crippen LogP contribution in [0.1, 0.15) is 21.5 Å². The molecule has 0 saturated heterocycles. The third-order valence-corrected chi connectivity index (χ3v) is 2.54. The van der Waals surface area contributed by atoms with Crippen LogP contribution in [0.25, 0.3) is 0 Å². The Labute approximate surface area is 110 Å². The molecule has 0 aliphatic heterocycles. The molecule has 0 radical (unpaired) electrons. The molecule has 19 heavy (non-hydrogen) atoms. The van der Waals surface area contributed by atoms with Gasteiger partial charge in [-0.25, -0.2) is 4.79 Å². The first-order chi connectivity index (χ1) is 9.08. The van der Waals surface area contributed by atoms with Crippen LogP contribution < -0.4 is 11.5 Å². The molecule has 2 rings (SSSR count). The van der Waals surface area contributed by atoms with Crippen molar-refractivity contribution in [1.29, 1.82) is 0 Å². The first-order valence-electron chi connectivity index (χ1n) is 5.57. The molecular weight excluding hydrogens is 240 g/mol. The molecule has 0 heterocycles. The molecule has 0 fully saturated rings. The van der Waals surface area contributed by atoms with Crippen LogP contribution in [0.5, 0.6) is 0 Å². The van der Waals surface area contributed by atoms with E-state index in [4.69, 9.17) is 16.6 Å². The van der Waals surface area contributed by atoms with Crippen molar-refractivity contribution in [3.8, 4) is 11.8 Å². The average Bonchev–Trinajstić information content (AvgIpc) is 2.36. The summed E-state index contributed by atoms with van der Waals surface area (Å²) in [6.45, 7) is 0. The second-order valence-corrected chi connectivity index (χ2v) is 3.95. The predicted octanol–water partition coefficient (Wildman–Crippen LogP) is 1.95. The Morgan fingerprint density at radius 2 is 1.79 bits per heavy atom. The Morgan fingerprint density at radius 1 is 1.05 bits per heavy atom. The highest BCUT2D eigenvalue weighted by Crippen LogP contribution is 2.16. The van der Waals surface area contributed by atoms with Crippen LogP contribution in [0.3, 0.4) is 0 Å². The number of carbonyl (C=O) groups is 1. The maximum absolute atomic E-state index is 11.1. The van der Waals surface area contributed by atoms with Crippen molar-refractivity contribution >= 4 is 17.3 Å². The van der Waals surface area contributed by atoms with Crippen LogP contribution >= 0.6 is 0 Å². The average molecular weight is 252 g/mol. The van der Waals surface area contributed by atoms with Gasteiger partial charge in [-0.1, -0.05) is 24.0 Å². The molecule has 0 amide bonds. The summed E-state index contributed by atoms with van der Waals surface area (Å²) in [6.07, 6.45) is 0. The number of nitrogens with two attached hydrogens (primary N) is 2. The van der Waals surface area contributed by atoms with E-state index < -0.39 is 5.97 Å². The Bertz CT molecular complexity index is 697. The third kappa shape index (κ3) is 2.85. The van der Waals surface area contributed by atoms with Gasteiger partial charge in [0.1, 0.15) is 0 Å². The number of rotatable bonds is 1. The first-order valence-corrected chi connectivity index (χ1v) is 5.57. The van der Waals surface area contributed by atoms with Crippen LogP contribution in [0.4, 0.5) is 11.4 Å². The predicted molar refractivity (Wildman–Crippen MR) is 74.6 cm³/mol. The summed E-state index contributed by atoms with van der Waals surface area (Å²) in [4.78, 5) is 11.1. The second-order valence-electron chi connectivity index (χ2n) is 3.95. The van der Waals surface area contributed by atoms with E-state index in [9.17, 15) is 4.79 Å². The molecule has 0 aliphatic rings.